The minimum absolute atomic E-state index is 0.128. The van der Waals surface area contributed by atoms with E-state index in [0.717, 1.165) is 54.7 Å². The van der Waals surface area contributed by atoms with E-state index in [2.05, 4.69) is 135 Å². The van der Waals surface area contributed by atoms with Crippen molar-refractivity contribution >= 4 is 44.2 Å². The van der Waals surface area contributed by atoms with Crippen LogP contribution in [0, 0.1) is 6.92 Å². The van der Waals surface area contributed by atoms with Gasteiger partial charge in [-0.3, -0.25) is 4.99 Å². The smallest absolute Gasteiger partial charge is 0.182 e. The van der Waals surface area contributed by atoms with E-state index in [1.807, 2.05) is 60.7 Å². The molecule has 64 heavy (non-hydrogen) atoms. The number of phenols is 1. The molecule has 10 aromatic rings. The van der Waals surface area contributed by atoms with Gasteiger partial charge in [0, 0.05) is 34.5 Å². The first-order valence-corrected chi connectivity index (χ1v) is 21.6. The summed E-state index contributed by atoms with van der Waals surface area (Å²) in [5.74, 6) is 1.83. The van der Waals surface area contributed by atoms with E-state index in [9.17, 15) is 5.11 Å². The number of aromatic hydroxyl groups is 1. The van der Waals surface area contributed by atoms with Crippen molar-refractivity contribution < 1.29 is 5.11 Å². The third-order valence-electron chi connectivity index (χ3n) is 12.9. The van der Waals surface area contributed by atoms with Crippen LogP contribution in [0.1, 0.15) is 41.7 Å². The second kappa shape index (κ2) is 15.4. The molecule has 6 nitrogen and oxygen atoms in total. The number of hydrogen-bond acceptors (Lipinski definition) is 6. The molecule has 0 saturated carbocycles. The van der Waals surface area contributed by atoms with Crippen LogP contribution in [0.2, 0.25) is 0 Å². The second-order valence-electron chi connectivity index (χ2n) is 17.0. The number of nitrogens with zero attached hydrogens (tertiary/aromatic N) is 5. The molecule has 1 aliphatic carbocycles. The molecule has 0 radical (unpaired) electrons. The number of aryl methyl sites for hydroxylation is 1. The van der Waals surface area contributed by atoms with Gasteiger partial charge in [-0.2, -0.15) is 0 Å². The number of aromatic nitrogens is 4. The topological polar surface area (TPSA) is 84.2 Å². The Balaban J connectivity index is 1.09. The molecule has 11 rings (SSSR count). The van der Waals surface area contributed by atoms with Crippen LogP contribution in [-0.4, -0.2) is 37.8 Å². The maximum Gasteiger partial charge on any atom is 0.182 e. The number of pyridine rings is 1. The maximum absolute atomic E-state index is 10.5. The molecular weight excluding hydrogens is 783 g/mol. The van der Waals surface area contributed by atoms with Crippen molar-refractivity contribution in [2.45, 2.75) is 26.2 Å². The summed E-state index contributed by atoms with van der Waals surface area (Å²) < 4.78 is 0. The van der Waals surface area contributed by atoms with Crippen molar-refractivity contribution in [3.05, 3.63) is 204 Å². The lowest BCUT2D eigenvalue weighted by molar-refractivity contribution is 0.474. The molecule has 6 heteroatoms. The Kier molecular flexibility index (Phi) is 9.32. The average Bonchev–Trinajstić information content (AvgIpc) is 3.57. The minimum Gasteiger partial charge on any atom is -0.507 e. The lowest BCUT2D eigenvalue weighted by Gasteiger charge is -2.23. The molecule has 0 atom stereocenters. The molecule has 0 unspecified atom stereocenters. The molecule has 0 amide bonds. The van der Waals surface area contributed by atoms with Crippen LogP contribution < -0.4 is 0 Å². The number of rotatable bonds is 7. The van der Waals surface area contributed by atoms with Gasteiger partial charge in [-0.25, -0.2) is 19.9 Å². The molecule has 0 fully saturated rings. The first-order valence-electron chi connectivity index (χ1n) is 21.6. The molecule has 1 aliphatic rings. The van der Waals surface area contributed by atoms with E-state index in [-0.39, 0.29) is 11.2 Å². The highest BCUT2D eigenvalue weighted by Crippen LogP contribution is 2.51. The quantitative estimate of drug-likeness (QED) is 0.128. The summed E-state index contributed by atoms with van der Waals surface area (Å²) in [6, 6.07) is 58.7. The minimum atomic E-state index is -0.128. The SMILES string of the molecule is C/N=C(/C=C\c1ccc2ccc(-c3nc(-c4ccccc4)nc(-c4c5ccccc5c(-c5ccc6c(c5)C(C)(C)c5ccccc5-6)c5ccccc45)n3)nc2c1C)c1ccccc1O. The molecule has 0 aliphatic heterocycles. The fourth-order valence-electron chi connectivity index (χ4n) is 9.65. The molecule has 306 valence electrons. The second-order valence-corrected chi connectivity index (χ2v) is 17.0. The Hall–Kier alpha value is -8.09. The Bertz CT molecular complexity index is 3510. The molecular formula is C58H43N5O. The highest BCUT2D eigenvalue weighted by Gasteiger charge is 2.35. The number of para-hydroxylation sites is 1. The number of phenolic OH excluding ortho intramolecular Hbond substituents is 1. The van der Waals surface area contributed by atoms with Gasteiger partial charge in [-0.15, -0.1) is 0 Å². The van der Waals surface area contributed by atoms with Gasteiger partial charge in [-0.05, 0) is 103 Å². The summed E-state index contributed by atoms with van der Waals surface area (Å²) in [5, 5.41) is 15.9. The zero-order valence-electron chi connectivity index (χ0n) is 36.0. The highest BCUT2D eigenvalue weighted by atomic mass is 16.3. The van der Waals surface area contributed by atoms with Crippen LogP contribution in [-0.2, 0) is 5.41 Å². The van der Waals surface area contributed by atoms with Gasteiger partial charge in [0.2, 0.25) is 0 Å². The Morgan fingerprint density at radius 2 is 1.16 bits per heavy atom. The van der Waals surface area contributed by atoms with Crippen molar-refractivity contribution in [1.82, 2.24) is 19.9 Å². The standard InChI is InChI=1S/C58H43N5O/c1-35-36(29-32-49(59-4)46-23-13-15-25-51(46)64)26-27-37-30-33-50(60-54(35)37)56-61-55(38-16-6-5-7-17-38)62-57(63-56)53-44-21-10-8-19-42(44)52(43-20-9-11-22-45(43)53)39-28-31-41-40-18-12-14-24-47(40)58(2,3)48(41)34-39/h5-34,64H,1-4H3/b32-29-,59-49-. The molecule has 2 heterocycles. The predicted octanol–water partition coefficient (Wildman–Crippen LogP) is 13.8. The third-order valence-corrected chi connectivity index (χ3v) is 12.9. The van der Waals surface area contributed by atoms with Gasteiger partial charge in [0.15, 0.2) is 17.5 Å². The van der Waals surface area contributed by atoms with Crippen LogP contribution >= 0.6 is 0 Å². The van der Waals surface area contributed by atoms with Crippen molar-refractivity contribution in [2.75, 3.05) is 7.05 Å². The zero-order chi connectivity index (χ0) is 43.5. The van der Waals surface area contributed by atoms with Crippen LogP contribution in [0.5, 0.6) is 5.75 Å². The van der Waals surface area contributed by atoms with E-state index < -0.39 is 0 Å². The van der Waals surface area contributed by atoms with E-state index in [0.29, 0.717) is 34.4 Å². The maximum atomic E-state index is 10.5. The van der Waals surface area contributed by atoms with E-state index in [1.165, 1.54) is 33.4 Å². The lowest BCUT2D eigenvalue weighted by atomic mass is 9.80. The van der Waals surface area contributed by atoms with Crippen LogP contribution in [0.4, 0.5) is 0 Å². The van der Waals surface area contributed by atoms with E-state index in [1.54, 1.807) is 19.2 Å². The number of benzene rings is 8. The van der Waals surface area contributed by atoms with Gasteiger partial charge in [0.05, 0.1) is 11.2 Å². The number of allylic oxidation sites excluding steroid dienone is 1. The first-order chi connectivity index (χ1) is 31.3. The van der Waals surface area contributed by atoms with Crippen LogP contribution in [0.3, 0.4) is 0 Å². The molecule has 8 aromatic carbocycles. The largest absolute Gasteiger partial charge is 0.507 e. The first kappa shape index (κ1) is 38.8. The molecule has 1 N–H and O–H groups in total. The fraction of sp³-hybridized carbons (Fsp3) is 0.0862. The summed E-state index contributed by atoms with van der Waals surface area (Å²) >= 11 is 0. The van der Waals surface area contributed by atoms with Gasteiger partial charge in [-0.1, -0.05) is 166 Å². The van der Waals surface area contributed by atoms with Gasteiger partial charge >= 0.3 is 0 Å². The van der Waals surface area contributed by atoms with Crippen LogP contribution in [0.25, 0.3) is 95.1 Å². The molecule has 0 saturated heterocycles. The Morgan fingerprint density at radius 1 is 0.547 bits per heavy atom. The Labute approximate surface area is 372 Å². The molecule has 2 aromatic heterocycles. The number of fused-ring (bicyclic) bond motifs is 6. The third kappa shape index (κ3) is 6.37. The monoisotopic (exact) mass is 825 g/mol. The normalized spacial score (nSPS) is 13.2. The predicted molar refractivity (Wildman–Crippen MR) is 264 cm³/mol. The summed E-state index contributed by atoms with van der Waals surface area (Å²) in [6.07, 6.45) is 3.95. The van der Waals surface area contributed by atoms with Gasteiger partial charge in [0.25, 0.3) is 0 Å². The van der Waals surface area contributed by atoms with Crippen molar-refractivity contribution in [3.63, 3.8) is 0 Å². The summed E-state index contributed by atoms with van der Waals surface area (Å²) in [6.45, 7) is 6.75. The summed E-state index contributed by atoms with van der Waals surface area (Å²) in [7, 11) is 1.73. The van der Waals surface area contributed by atoms with E-state index in [4.69, 9.17) is 19.9 Å². The zero-order valence-corrected chi connectivity index (χ0v) is 36.0. The Morgan fingerprint density at radius 3 is 1.89 bits per heavy atom. The molecule has 0 bridgehead atoms. The number of hydrogen-bond donors (Lipinski definition) is 1. The number of aliphatic imine (C=N–C) groups is 1. The van der Waals surface area contributed by atoms with Gasteiger partial charge in [0.1, 0.15) is 11.4 Å². The van der Waals surface area contributed by atoms with Crippen molar-refractivity contribution in [3.8, 4) is 62.3 Å². The van der Waals surface area contributed by atoms with E-state index >= 15 is 0 Å². The summed E-state index contributed by atoms with van der Waals surface area (Å²) in [4.78, 5) is 25.5. The average molecular weight is 826 g/mol. The van der Waals surface area contributed by atoms with Crippen molar-refractivity contribution in [2.24, 2.45) is 4.99 Å². The highest BCUT2D eigenvalue weighted by molar-refractivity contribution is 6.21. The summed E-state index contributed by atoms with van der Waals surface area (Å²) in [5.41, 5.74) is 14.3. The van der Waals surface area contributed by atoms with Gasteiger partial charge < -0.3 is 5.11 Å². The lowest BCUT2D eigenvalue weighted by Crippen LogP contribution is -2.14. The van der Waals surface area contributed by atoms with Crippen molar-refractivity contribution in [1.29, 1.82) is 0 Å². The van der Waals surface area contributed by atoms with Crippen LogP contribution in [0.15, 0.2) is 181 Å². The fourth-order valence-corrected chi connectivity index (χ4v) is 9.65. The molecule has 0 spiro atoms.